The van der Waals surface area contributed by atoms with Crippen molar-refractivity contribution in [1.82, 2.24) is 0 Å². The van der Waals surface area contributed by atoms with Crippen LogP contribution in [0.25, 0.3) is 0 Å². The van der Waals surface area contributed by atoms with E-state index in [0.29, 0.717) is 23.7 Å². The van der Waals surface area contributed by atoms with Crippen LogP contribution in [0.3, 0.4) is 0 Å². The van der Waals surface area contributed by atoms with Crippen LogP contribution in [0.2, 0.25) is 5.02 Å². The predicted molar refractivity (Wildman–Crippen MR) is 76.1 cm³/mol. The summed E-state index contributed by atoms with van der Waals surface area (Å²) in [7, 11) is -3.66. The lowest BCUT2D eigenvalue weighted by Gasteiger charge is -2.19. The lowest BCUT2D eigenvalue weighted by atomic mass is 10.2. The van der Waals surface area contributed by atoms with Gasteiger partial charge in [-0.05, 0) is 54.4 Å². The molecule has 0 atom stereocenters. The molecule has 0 amide bonds. The van der Waals surface area contributed by atoms with E-state index in [0.717, 1.165) is 17.7 Å². The maximum Gasteiger partial charge on any atom is 0.264 e. The lowest BCUT2D eigenvalue weighted by molar-refractivity contribution is 0.591. The van der Waals surface area contributed by atoms with Gasteiger partial charge in [-0.15, -0.1) is 0 Å². The van der Waals surface area contributed by atoms with E-state index in [1.54, 1.807) is 18.2 Å². The molecule has 0 N–H and O–H groups in total. The van der Waals surface area contributed by atoms with Crippen molar-refractivity contribution >= 4 is 27.3 Å². The van der Waals surface area contributed by atoms with Gasteiger partial charge in [0.25, 0.3) is 10.0 Å². The first kappa shape index (κ1) is 13.4. The Morgan fingerprint density at radius 3 is 2.50 bits per heavy atom. The van der Waals surface area contributed by atoms with E-state index in [2.05, 4.69) is 0 Å². The third kappa shape index (κ3) is 2.17. The maximum absolute atomic E-state index is 12.9. The van der Waals surface area contributed by atoms with Gasteiger partial charge >= 0.3 is 0 Å². The zero-order valence-corrected chi connectivity index (χ0v) is 12.0. The summed E-state index contributed by atoms with van der Waals surface area (Å²) in [6.07, 6.45) is 0.621. The third-order valence-electron chi connectivity index (χ3n) is 3.30. The highest BCUT2D eigenvalue weighted by molar-refractivity contribution is 7.92. The molecule has 1 aliphatic rings. The fourth-order valence-corrected chi connectivity index (χ4v) is 4.02. The van der Waals surface area contributed by atoms with Crippen LogP contribution in [0.15, 0.2) is 47.4 Å². The van der Waals surface area contributed by atoms with Crippen LogP contribution >= 0.6 is 11.6 Å². The molecule has 2 aromatic rings. The molecule has 1 aliphatic heterocycles. The summed E-state index contributed by atoms with van der Waals surface area (Å²) in [4.78, 5) is 0.0849. The van der Waals surface area contributed by atoms with Gasteiger partial charge in [-0.3, -0.25) is 4.31 Å². The summed E-state index contributed by atoms with van der Waals surface area (Å²) < 4.78 is 39.4. The number of hydrogen-bond acceptors (Lipinski definition) is 2. The van der Waals surface area contributed by atoms with Crippen molar-refractivity contribution in [2.24, 2.45) is 0 Å². The minimum absolute atomic E-state index is 0.0849. The van der Waals surface area contributed by atoms with E-state index in [4.69, 9.17) is 11.6 Å². The molecular weight excluding hydrogens is 301 g/mol. The number of sulfonamides is 1. The SMILES string of the molecule is O=S(=O)(c1ccc(F)cc1)N1CCc2cc(Cl)ccc21. The number of hydrogen-bond donors (Lipinski definition) is 0. The fourth-order valence-electron chi connectivity index (χ4n) is 2.32. The van der Waals surface area contributed by atoms with Gasteiger partial charge in [0.1, 0.15) is 5.82 Å². The molecule has 3 nitrogen and oxygen atoms in total. The van der Waals surface area contributed by atoms with E-state index in [9.17, 15) is 12.8 Å². The molecular formula is C14H11ClFNO2S. The van der Waals surface area contributed by atoms with Crippen LogP contribution in [-0.2, 0) is 16.4 Å². The predicted octanol–water partition coefficient (Wildman–Crippen LogP) is 3.23. The Kier molecular flexibility index (Phi) is 3.18. The number of halogens is 2. The second kappa shape index (κ2) is 4.75. The minimum Gasteiger partial charge on any atom is -0.266 e. The quantitative estimate of drug-likeness (QED) is 0.854. The van der Waals surface area contributed by atoms with Gasteiger partial charge in [-0.25, -0.2) is 12.8 Å². The molecule has 20 heavy (non-hydrogen) atoms. The molecule has 1 heterocycles. The molecule has 0 bridgehead atoms. The van der Waals surface area contributed by atoms with Crippen molar-refractivity contribution in [2.45, 2.75) is 11.3 Å². The molecule has 0 aromatic heterocycles. The minimum atomic E-state index is -3.66. The molecule has 3 rings (SSSR count). The van der Waals surface area contributed by atoms with Crippen LogP contribution in [-0.4, -0.2) is 15.0 Å². The largest absolute Gasteiger partial charge is 0.266 e. The van der Waals surface area contributed by atoms with Crippen LogP contribution in [0, 0.1) is 5.82 Å². The first-order valence-corrected chi connectivity index (χ1v) is 7.87. The molecule has 0 aliphatic carbocycles. The van der Waals surface area contributed by atoms with Crippen LogP contribution in [0.1, 0.15) is 5.56 Å². The zero-order valence-electron chi connectivity index (χ0n) is 10.4. The Morgan fingerprint density at radius 2 is 1.80 bits per heavy atom. The van der Waals surface area contributed by atoms with Crippen molar-refractivity contribution in [3.63, 3.8) is 0 Å². The number of nitrogens with zero attached hydrogens (tertiary/aromatic N) is 1. The van der Waals surface area contributed by atoms with Gasteiger partial charge in [0.2, 0.25) is 0 Å². The van der Waals surface area contributed by atoms with Crippen molar-refractivity contribution < 1.29 is 12.8 Å². The molecule has 0 saturated heterocycles. The monoisotopic (exact) mass is 311 g/mol. The first-order valence-electron chi connectivity index (χ1n) is 6.05. The summed E-state index contributed by atoms with van der Waals surface area (Å²) in [5, 5.41) is 0.588. The van der Waals surface area contributed by atoms with E-state index >= 15 is 0 Å². The Balaban J connectivity index is 2.05. The van der Waals surface area contributed by atoms with Crippen LogP contribution < -0.4 is 4.31 Å². The summed E-state index contributed by atoms with van der Waals surface area (Å²) in [6, 6.07) is 9.98. The van der Waals surface area contributed by atoms with Crippen molar-refractivity contribution in [3.8, 4) is 0 Å². The molecule has 104 valence electrons. The van der Waals surface area contributed by atoms with Crippen molar-refractivity contribution in [1.29, 1.82) is 0 Å². The normalized spacial score (nSPS) is 14.4. The lowest BCUT2D eigenvalue weighted by Crippen LogP contribution is -2.29. The number of anilines is 1. The molecule has 0 unspecified atom stereocenters. The van der Waals surface area contributed by atoms with Crippen molar-refractivity contribution in [2.75, 3.05) is 10.8 Å². The average Bonchev–Trinajstić information content (AvgIpc) is 2.82. The van der Waals surface area contributed by atoms with Gasteiger partial charge in [-0.2, -0.15) is 0 Å². The zero-order chi connectivity index (χ0) is 14.3. The smallest absolute Gasteiger partial charge is 0.264 e. The van der Waals surface area contributed by atoms with Crippen molar-refractivity contribution in [3.05, 3.63) is 58.9 Å². The highest BCUT2D eigenvalue weighted by Gasteiger charge is 2.30. The Hall–Kier alpha value is -1.59. The second-order valence-electron chi connectivity index (χ2n) is 4.55. The number of fused-ring (bicyclic) bond motifs is 1. The molecule has 0 saturated carbocycles. The van der Waals surface area contributed by atoms with Gasteiger partial charge in [0, 0.05) is 11.6 Å². The molecule has 0 fully saturated rings. The molecule has 6 heteroatoms. The van der Waals surface area contributed by atoms with E-state index in [1.807, 2.05) is 0 Å². The third-order valence-corrected chi connectivity index (χ3v) is 5.36. The highest BCUT2D eigenvalue weighted by Crippen LogP contribution is 2.34. The maximum atomic E-state index is 12.9. The van der Waals surface area contributed by atoms with Gasteiger partial charge in [0.05, 0.1) is 10.6 Å². The van der Waals surface area contributed by atoms with Crippen LogP contribution in [0.5, 0.6) is 0 Å². The topological polar surface area (TPSA) is 37.4 Å². The Morgan fingerprint density at radius 1 is 1.10 bits per heavy atom. The highest BCUT2D eigenvalue weighted by atomic mass is 35.5. The van der Waals surface area contributed by atoms with Gasteiger partial charge in [-0.1, -0.05) is 11.6 Å². The summed E-state index contributed by atoms with van der Waals surface area (Å²) in [6.45, 7) is 0.370. The molecule has 2 aromatic carbocycles. The summed E-state index contributed by atoms with van der Waals surface area (Å²) in [5.74, 6) is -0.461. The Bertz CT molecular complexity index is 759. The summed E-state index contributed by atoms with van der Waals surface area (Å²) in [5.41, 5.74) is 1.54. The standard InChI is InChI=1S/C14H11ClFNO2S/c15-11-1-6-14-10(9-11)7-8-17(14)20(18,19)13-4-2-12(16)3-5-13/h1-6,9H,7-8H2. The molecule has 0 radical (unpaired) electrons. The van der Waals surface area contributed by atoms with Crippen LogP contribution in [0.4, 0.5) is 10.1 Å². The van der Waals surface area contributed by atoms with Gasteiger partial charge < -0.3 is 0 Å². The second-order valence-corrected chi connectivity index (χ2v) is 6.85. The van der Waals surface area contributed by atoms with E-state index in [-0.39, 0.29) is 4.90 Å². The number of benzene rings is 2. The van der Waals surface area contributed by atoms with Gasteiger partial charge in [0.15, 0.2) is 0 Å². The average molecular weight is 312 g/mol. The summed E-state index contributed by atoms with van der Waals surface area (Å²) >= 11 is 5.91. The fraction of sp³-hybridized carbons (Fsp3) is 0.143. The Labute approximate surface area is 121 Å². The first-order chi connectivity index (χ1) is 9.48. The molecule has 0 spiro atoms. The van der Waals surface area contributed by atoms with E-state index in [1.165, 1.54) is 16.4 Å². The number of rotatable bonds is 2. The van der Waals surface area contributed by atoms with E-state index < -0.39 is 15.8 Å².